The Bertz CT molecular complexity index is 794. The van der Waals surface area contributed by atoms with Crippen LogP contribution in [0.15, 0.2) is 67.4 Å². The summed E-state index contributed by atoms with van der Waals surface area (Å²) in [5.41, 5.74) is 3.47. The maximum atomic E-state index is 11.9. The first-order valence-electron chi connectivity index (χ1n) is 11.1. The first-order chi connectivity index (χ1) is 15.6. The monoisotopic (exact) mass is 439 g/mol. The van der Waals surface area contributed by atoms with Gasteiger partial charge in [0.15, 0.2) is 0 Å². The summed E-state index contributed by atoms with van der Waals surface area (Å²) in [5.74, 6) is -0.108. The number of hydrogen-bond acceptors (Lipinski definition) is 4. The predicted octanol–water partition coefficient (Wildman–Crippen LogP) is 4.08. The van der Waals surface area contributed by atoms with Crippen LogP contribution < -0.4 is 16.0 Å². The Balaban J connectivity index is 0.00000118. The number of aryl methyl sites for hydroxylation is 2. The van der Waals surface area contributed by atoms with Crippen molar-refractivity contribution in [1.29, 1.82) is 0 Å². The van der Waals surface area contributed by atoms with Crippen LogP contribution in [0.5, 0.6) is 0 Å². The minimum Gasteiger partial charge on any atom is -0.394 e. The van der Waals surface area contributed by atoms with Gasteiger partial charge in [0.2, 0.25) is 11.8 Å². The van der Waals surface area contributed by atoms with Gasteiger partial charge >= 0.3 is 0 Å². The fourth-order valence-corrected chi connectivity index (χ4v) is 3.00. The number of unbranched alkanes of at least 4 members (excludes halogenated alkanes) is 1. The number of amides is 2. The lowest BCUT2D eigenvalue weighted by molar-refractivity contribution is -0.120. The average molecular weight is 440 g/mol. The van der Waals surface area contributed by atoms with Crippen molar-refractivity contribution in [2.45, 2.75) is 39.0 Å². The van der Waals surface area contributed by atoms with Gasteiger partial charge in [-0.1, -0.05) is 49.0 Å². The van der Waals surface area contributed by atoms with Crippen LogP contribution in [-0.2, 0) is 27.2 Å². The molecule has 0 radical (unpaired) electrons. The van der Waals surface area contributed by atoms with E-state index in [1.54, 1.807) is 13.1 Å². The van der Waals surface area contributed by atoms with Crippen LogP contribution in [0.4, 0.5) is 5.69 Å². The van der Waals surface area contributed by atoms with Crippen LogP contribution in [0.25, 0.3) is 0 Å². The molecule has 174 valence electrons. The van der Waals surface area contributed by atoms with Crippen LogP contribution in [0, 0.1) is 0 Å². The van der Waals surface area contributed by atoms with Crippen LogP contribution in [0.1, 0.15) is 37.3 Å². The number of para-hydroxylation sites is 1. The van der Waals surface area contributed by atoms with E-state index in [2.05, 4.69) is 46.8 Å². The van der Waals surface area contributed by atoms with Crippen molar-refractivity contribution in [3.63, 3.8) is 0 Å². The molecule has 32 heavy (non-hydrogen) atoms. The molecular formula is C26H37N3O3. The van der Waals surface area contributed by atoms with E-state index in [-0.39, 0.29) is 18.4 Å². The van der Waals surface area contributed by atoms with Gasteiger partial charge in [0.1, 0.15) is 6.61 Å². The number of carbonyl (C=O) groups excluding carboxylic acids is 2. The standard InChI is InChI=1S/C23H30N2O3.C3H7N/c1-19(26)24-16-8-7-12-20-10-5-6-11-21(20)13-9-17-28-18-23(27)25-22-14-3-2-4-15-22;1-3-4-2/h2-6,10-11,14-15H,7-9,12-13,16-18H2,1H3,(H,24,26)(H,25,27);3-4H,1H2,2H3. The Labute approximate surface area is 192 Å². The van der Waals surface area contributed by atoms with Crippen LogP contribution in [-0.4, -0.2) is 38.6 Å². The number of anilines is 1. The first-order valence-corrected chi connectivity index (χ1v) is 11.1. The molecule has 0 fully saturated rings. The summed E-state index contributed by atoms with van der Waals surface area (Å²) in [5, 5.41) is 8.34. The van der Waals surface area contributed by atoms with Gasteiger partial charge in [-0.3, -0.25) is 9.59 Å². The molecule has 6 nitrogen and oxygen atoms in total. The number of nitrogens with one attached hydrogen (secondary N) is 3. The molecule has 3 N–H and O–H groups in total. The van der Waals surface area contributed by atoms with E-state index in [1.807, 2.05) is 37.4 Å². The molecule has 0 aliphatic rings. The Morgan fingerprint density at radius 2 is 1.53 bits per heavy atom. The maximum Gasteiger partial charge on any atom is 0.250 e. The molecule has 0 saturated carbocycles. The van der Waals surface area contributed by atoms with E-state index in [9.17, 15) is 9.59 Å². The number of benzene rings is 2. The Hall–Kier alpha value is -3.12. The van der Waals surface area contributed by atoms with Crippen molar-refractivity contribution in [2.24, 2.45) is 0 Å². The summed E-state index contributed by atoms with van der Waals surface area (Å²) in [4.78, 5) is 22.7. The zero-order valence-corrected chi connectivity index (χ0v) is 19.4. The molecule has 0 atom stereocenters. The average Bonchev–Trinajstić information content (AvgIpc) is 2.80. The fourth-order valence-electron chi connectivity index (χ4n) is 3.00. The lowest BCUT2D eigenvalue weighted by Gasteiger charge is -2.10. The van der Waals surface area contributed by atoms with Crippen LogP contribution in [0.2, 0.25) is 0 Å². The first kappa shape index (κ1) is 26.9. The van der Waals surface area contributed by atoms with Crippen molar-refractivity contribution < 1.29 is 14.3 Å². The minimum atomic E-state index is -0.134. The van der Waals surface area contributed by atoms with Crippen molar-refractivity contribution in [1.82, 2.24) is 10.6 Å². The van der Waals surface area contributed by atoms with Gasteiger partial charge in [0, 0.05) is 32.8 Å². The molecule has 2 aromatic rings. The van der Waals surface area contributed by atoms with E-state index < -0.39 is 0 Å². The number of ether oxygens (including phenoxy) is 1. The summed E-state index contributed by atoms with van der Waals surface area (Å²) in [6, 6.07) is 17.8. The van der Waals surface area contributed by atoms with Gasteiger partial charge in [0.25, 0.3) is 0 Å². The van der Waals surface area contributed by atoms with Crippen molar-refractivity contribution in [3.8, 4) is 0 Å². The largest absolute Gasteiger partial charge is 0.394 e. The highest BCUT2D eigenvalue weighted by molar-refractivity contribution is 5.91. The molecule has 0 saturated heterocycles. The molecule has 6 heteroatoms. The van der Waals surface area contributed by atoms with Crippen molar-refractivity contribution in [2.75, 3.05) is 32.1 Å². The maximum absolute atomic E-state index is 11.9. The molecule has 0 unspecified atom stereocenters. The highest BCUT2D eigenvalue weighted by Crippen LogP contribution is 2.14. The van der Waals surface area contributed by atoms with Gasteiger partial charge in [-0.05, 0) is 61.6 Å². The summed E-state index contributed by atoms with van der Waals surface area (Å²) in [6.07, 6.45) is 6.47. The summed E-state index contributed by atoms with van der Waals surface area (Å²) in [6.45, 7) is 6.27. The molecule has 2 amide bonds. The quantitative estimate of drug-likeness (QED) is 0.411. The summed E-state index contributed by atoms with van der Waals surface area (Å²) >= 11 is 0. The van der Waals surface area contributed by atoms with Crippen molar-refractivity contribution in [3.05, 3.63) is 78.5 Å². The second kappa shape index (κ2) is 17.5. The van der Waals surface area contributed by atoms with Crippen molar-refractivity contribution >= 4 is 17.5 Å². The second-order valence-electron chi connectivity index (χ2n) is 7.27. The predicted molar refractivity (Wildman–Crippen MR) is 132 cm³/mol. The van der Waals surface area contributed by atoms with E-state index in [0.29, 0.717) is 6.61 Å². The van der Waals surface area contributed by atoms with E-state index in [0.717, 1.165) is 44.3 Å². The Morgan fingerprint density at radius 1 is 0.938 bits per heavy atom. The number of hydrogen-bond donors (Lipinski definition) is 3. The van der Waals surface area contributed by atoms with Gasteiger partial charge < -0.3 is 20.7 Å². The third kappa shape index (κ3) is 13.2. The molecule has 0 spiro atoms. The third-order valence-electron chi connectivity index (χ3n) is 4.59. The third-order valence-corrected chi connectivity index (χ3v) is 4.59. The molecule has 2 aromatic carbocycles. The lowest BCUT2D eigenvalue weighted by atomic mass is 9.98. The zero-order chi connectivity index (χ0) is 23.4. The fraction of sp³-hybridized carbons (Fsp3) is 0.385. The highest BCUT2D eigenvalue weighted by atomic mass is 16.5. The van der Waals surface area contributed by atoms with E-state index in [4.69, 9.17) is 4.74 Å². The van der Waals surface area contributed by atoms with E-state index >= 15 is 0 Å². The minimum absolute atomic E-state index is 0.0258. The van der Waals surface area contributed by atoms with Gasteiger partial charge in [0.05, 0.1) is 0 Å². The van der Waals surface area contributed by atoms with Gasteiger partial charge in [-0.25, -0.2) is 0 Å². The zero-order valence-electron chi connectivity index (χ0n) is 19.4. The number of carbonyl (C=O) groups is 2. The summed E-state index contributed by atoms with van der Waals surface area (Å²) < 4.78 is 5.51. The van der Waals surface area contributed by atoms with Gasteiger partial charge in [-0.2, -0.15) is 0 Å². The SMILES string of the molecule is C=CNC.CC(=O)NCCCCc1ccccc1CCCOCC(=O)Nc1ccccc1. The highest BCUT2D eigenvalue weighted by Gasteiger charge is 2.04. The van der Waals surface area contributed by atoms with E-state index in [1.165, 1.54) is 11.1 Å². The summed E-state index contributed by atoms with van der Waals surface area (Å²) in [7, 11) is 1.81. The Kier molecular flexibility index (Phi) is 14.8. The molecular weight excluding hydrogens is 402 g/mol. The number of rotatable bonds is 13. The smallest absolute Gasteiger partial charge is 0.250 e. The molecule has 0 heterocycles. The second-order valence-corrected chi connectivity index (χ2v) is 7.27. The van der Waals surface area contributed by atoms with Crippen LogP contribution >= 0.6 is 0 Å². The van der Waals surface area contributed by atoms with Gasteiger partial charge in [-0.15, -0.1) is 0 Å². The molecule has 0 aliphatic carbocycles. The topological polar surface area (TPSA) is 79.5 Å². The Morgan fingerprint density at radius 3 is 2.12 bits per heavy atom. The normalized spacial score (nSPS) is 9.81. The molecule has 0 aliphatic heterocycles. The lowest BCUT2D eigenvalue weighted by Crippen LogP contribution is -2.20. The molecule has 2 rings (SSSR count). The molecule has 0 bridgehead atoms. The van der Waals surface area contributed by atoms with Crippen LogP contribution in [0.3, 0.4) is 0 Å². The molecule has 0 aromatic heterocycles.